The van der Waals surface area contributed by atoms with Gasteiger partial charge >= 0.3 is 6.36 Å². The zero-order chi connectivity index (χ0) is 16.9. The van der Waals surface area contributed by atoms with Crippen molar-refractivity contribution in [3.63, 3.8) is 0 Å². The summed E-state index contributed by atoms with van der Waals surface area (Å²) in [5.74, 6) is 0.144. The average molecular weight is 327 g/mol. The molecule has 0 bridgehead atoms. The molecule has 0 spiro atoms. The Labute approximate surface area is 131 Å². The number of amides is 1. The lowest BCUT2D eigenvalue weighted by atomic mass is 10.1. The monoisotopic (exact) mass is 327 g/mol. The van der Waals surface area contributed by atoms with Gasteiger partial charge in [0.05, 0.1) is 6.54 Å². The molecule has 0 unspecified atom stereocenters. The summed E-state index contributed by atoms with van der Waals surface area (Å²) in [6.45, 7) is 0.267. The fourth-order valence-electron chi connectivity index (χ4n) is 2.02. The molecule has 0 saturated carbocycles. The third kappa shape index (κ3) is 5.32. The van der Waals surface area contributed by atoms with Crippen LogP contribution in [0.2, 0.25) is 0 Å². The third-order valence-corrected chi connectivity index (χ3v) is 3.18. The number of nitrogens with zero attached hydrogens (tertiary/aromatic N) is 2. The molecule has 0 saturated heterocycles. The lowest BCUT2D eigenvalue weighted by Crippen LogP contribution is -2.24. The molecule has 0 aliphatic rings. The number of hydrogen-bond donors (Lipinski definition) is 1. The number of carbonyl (C=O) groups excluding carboxylic acids is 1. The molecule has 1 aromatic heterocycles. The van der Waals surface area contributed by atoms with Crippen LogP contribution in [0.15, 0.2) is 36.7 Å². The number of benzene rings is 1. The first kappa shape index (κ1) is 16.9. The molecule has 0 radical (unpaired) electrons. The van der Waals surface area contributed by atoms with E-state index >= 15 is 0 Å². The third-order valence-electron chi connectivity index (χ3n) is 3.18. The van der Waals surface area contributed by atoms with Crippen molar-refractivity contribution in [3.05, 3.63) is 48.0 Å². The van der Waals surface area contributed by atoms with Crippen molar-refractivity contribution in [2.75, 3.05) is 0 Å². The number of aryl methyl sites for hydroxylation is 2. The predicted octanol–water partition coefficient (Wildman–Crippen LogP) is 2.57. The summed E-state index contributed by atoms with van der Waals surface area (Å²) in [6, 6.07) is 5.79. The van der Waals surface area contributed by atoms with E-state index in [0.717, 1.165) is 0 Å². The van der Waals surface area contributed by atoms with Gasteiger partial charge in [-0.05, 0) is 18.1 Å². The quantitative estimate of drug-likeness (QED) is 0.887. The predicted molar refractivity (Wildman–Crippen MR) is 76.5 cm³/mol. The largest absolute Gasteiger partial charge is 0.573 e. The number of hydrogen-bond acceptors (Lipinski definition) is 3. The molecule has 23 heavy (non-hydrogen) atoms. The van der Waals surface area contributed by atoms with Crippen molar-refractivity contribution in [2.24, 2.45) is 7.05 Å². The highest BCUT2D eigenvalue weighted by Crippen LogP contribution is 2.26. The highest BCUT2D eigenvalue weighted by atomic mass is 19.4. The van der Waals surface area contributed by atoms with Crippen LogP contribution in [0.25, 0.3) is 0 Å². The first-order chi connectivity index (χ1) is 10.8. The van der Waals surface area contributed by atoms with E-state index in [1.165, 1.54) is 18.2 Å². The molecule has 0 aliphatic carbocycles. The van der Waals surface area contributed by atoms with Crippen LogP contribution in [0.1, 0.15) is 17.8 Å². The molecule has 1 N–H and O–H groups in total. The fraction of sp³-hybridized carbons (Fsp3) is 0.333. The van der Waals surface area contributed by atoms with Crippen molar-refractivity contribution in [3.8, 4) is 5.75 Å². The summed E-state index contributed by atoms with van der Waals surface area (Å²) in [7, 11) is 1.80. The van der Waals surface area contributed by atoms with E-state index in [-0.39, 0.29) is 31.0 Å². The summed E-state index contributed by atoms with van der Waals surface area (Å²) in [5, 5.41) is 2.68. The maximum absolute atomic E-state index is 12.3. The van der Waals surface area contributed by atoms with Gasteiger partial charge in [-0.15, -0.1) is 13.2 Å². The Morgan fingerprint density at radius 3 is 2.74 bits per heavy atom. The van der Waals surface area contributed by atoms with Gasteiger partial charge in [-0.3, -0.25) is 4.79 Å². The van der Waals surface area contributed by atoms with Crippen molar-refractivity contribution in [1.82, 2.24) is 14.9 Å². The summed E-state index contributed by atoms with van der Waals surface area (Å²) >= 11 is 0. The molecular weight excluding hydrogens is 311 g/mol. The second-order valence-corrected chi connectivity index (χ2v) is 4.89. The van der Waals surface area contributed by atoms with E-state index in [1.54, 1.807) is 30.1 Å². The minimum atomic E-state index is -4.75. The highest BCUT2D eigenvalue weighted by molar-refractivity contribution is 5.76. The molecule has 124 valence electrons. The summed E-state index contributed by atoms with van der Waals surface area (Å²) < 4.78 is 42.7. The van der Waals surface area contributed by atoms with Crippen LogP contribution in [0.4, 0.5) is 13.2 Å². The Morgan fingerprint density at radius 1 is 1.35 bits per heavy atom. The number of ether oxygens (including phenoxy) is 1. The Morgan fingerprint density at radius 2 is 2.09 bits per heavy atom. The van der Waals surface area contributed by atoms with E-state index in [2.05, 4.69) is 15.0 Å². The van der Waals surface area contributed by atoms with Crippen LogP contribution in [0.5, 0.6) is 5.75 Å². The van der Waals surface area contributed by atoms with Crippen LogP contribution < -0.4 is 10.1 Å². The SMILES string of the molecule is Cn1ccnc1CNC(=O)CCc1ccccc1OC(F)(F)F. The van der Waals surface area contributed by atoms with Crippen molar-refractivity contribution < 1.29 is 22.7 Å². The number of carbonyl (C=O) groups is 1. The number of halogens is 3. The lowest BCUT2D eigenvalue weighted by molar-refractivity contribution is -0.274. The Hall–Kier alpha value is -2.51. The molecular formula is C15H16F3N3O2. The second-order valence-electron chi connectivity index (χ2n) is 4.89. The molecule has 1 aromatic carbocycles. The molecule has 2 rings (SSSR count). The van der Waals surface area contributed by atoms with Crippen molar-refractivity contribution in [1.29, 1.82) is 0 Å². The topological polar surface area (TPSA) is 56.2 Å². The molecule has 0 atom stereocenters. The standard InChI is InChI=1S/C15H16F3N3O2/c1-21-9-8-19-13(21)10-20-14(22)7-6-11-4-2-3-5-12(11)23-15(16,17)18/h2-5,8-9H,6-7,10H2,1H3,(H,20,22). The summed E-state index contributed by atoms with van der Waals surface area (Å²) in [4.78, 5) is 15.9. The zero-order valence-electron chi connectivity index (χ0n) is 12.4. The van der Waals surface area contributed by atoms with Gasteiger partial charge in [0.2, 0.25) is 5.91 Å². The van der Waals surface area contributed by atoms with Gasteiger partial charge in [-0.2, -0.15) is 0 Å². The summed E-state index contributed by atoms with van der Waals surface area (Å²) in [6.07, 6.45) is -1.17. The van der Waals surface area contributed by atoms with Crippen LogP contribution >= 0.6 is 0 Å². The van der Waals surface area contributed by atoms with Gasteiger partial charge in [-0.1, -0.05) is 18.2 Å². The normalized spacial score (nSPS) is 11.3. The molecule has 2 aromatic rings. The van der Waals surface area contributed by atoms with E-state index in [9.17, 15) is 18.0 Å². The fourth-order valence-corrected chi connectivity index (χ4v) is 2.02. The highest BCUT2D eigenvalue weighted by Gasteiger charge is 2.31. The van der Waals surface area contributed by atoms with Crippen molar-refractivity contribution >= 4 is 5.91 Å². The maximum atomic E-state index is 12.3. The van der Waals surface area contributed by atoms with E-state index in [1.807, 2.05) is 0 Å². The Bertz CT molecular complexity index is 668. The van der Waals surface area contributed by atoms with E-state index in [4.69, 9.17) is 0 Å². The average Bonchev–Trinajstić information content (AvgIpc) is 2.88. The maximum Gasteiger partial charge on any atom is 0.573 e. The number of alkyl halides is 3. The van der Waals surface area contributed by atoms with E-state index < -0.39 is 6.36 Å². The van der Waals surface area contributed by atoms with Gasteiger partial charge in [0.1, 0.15) is 11.6 Å². The number of aromatic nitrogens is 2. The Kier molecular flexibility index (Phi) is 5.25. The van der Waals surface area contributed by atoms with E-state index in [0.29, 0.717) is 11.4 Å². The first-order valence-electron chi connectivity index (χ1n) is 6.92. The number of rotatable bonds is 6. The van der Waals surface area contributed by atoms with Crippen LogP contribution in [-0.2, 0) is 24.8 Å². The van der Waals surface area contributed by atoms with Gasteiger partial charge in [0.15, 0.2) is 0 Å². The minimum absolute atomic E-state index is 0.0582. The first-order valence-corrected chi connectivity index (χ1v) is 6.92. The van der Waals surface area contributed by atoms with Gasteiger partial charge < -0.3 is 14.6 Å². The lowest BCUT2D eigenvalue weighted by Gasteiger charge is -2.13. The number of para-hydroxylation sites is 1. The number of imidazole rings is 1. The molecule has 0 aliphatic heterocycles. The van der Waals surface area contributed by atoms with Gasteiger partial charge in [0, 0.05) is 25.9 Å². The molecule has 1 heterocycles. The minimum Gasteiger partial charge on any atom is -0.406 e. The summed E-state index contributed by atoms with van der Waals surface area (Å²) in [5.41, 5.74) is 0.331. The van der Waals surface area contributed by atoms with Crippen molar-refractivity contribution in [2.45, 2.75) is 25.7 Å². The number of nitrogens with one attached hydrogen (secondary N) is 1. The smallest absolute Gasteiger partial charge is 0.406 e. The van der Waals surface area contributed by atoms with Gasteiger partial charge in [0.25, 0.3) is 0 Å². The van der Waals surface area contributed by atoms with Crippen LogP contribution in [-0.4, -0.2) is 21.8 Å². The zero-order valence-corrected chi connectivity index (χ0v) is 12.4. The second kappa shape index (κ2) is 7.17. The molecule has 8 heteroatoms. The van der Waals surface area contributed by atoms with Gasteiger partial charge in [-0.25, -0.2) is 4.98 Å². The van der Waals surface area contributed by atoms with Crippen LogP contribution in [0.3, 0.4) is 0 Å². The molecule has 0 fully saturated rings. The Balaban J connectivity index is 1.88. The molecule has 1 amide bonds. The van der Waals surface area contributed by atoms with Crippen LogP contribution in [0, 0.1) is 0 Å². The molecule has 5 nitrogen and oxygen atoms in total.